The van der Waals surface area contributed by atoms with Crippen LogP contribution in [0, 0.1) is 11.8 Å². The van der Waals surface area contributed by atoms with Gasteiger partial charge in [-0.2, -0.15) is 11.8 Å². The molecule has 0 bridgehead atoms. The highest BCUT2D eigenvalue weighted by Crippen LogP contribution is 2.45. The number of nitrogens with two attached hydrogens (primary N) is 1. The average molecular weight is 189 g/mol. The SMILES string of the molecule is CC(CON)C1CCSC1(C)C. The van der Waals surface area contributed by atoms with Crippen LogP contribution >= 0.6 is 11.8 Å². The molecule has 0 aromatic carbocycles. The van der Waals surface area contributed by atoms with Crippen molar-refractivity contribution < 1.29 is 4.84 Å². The van der Waals surface area contributed by atoms with E-state index < -0.39 is 0 Å². The Kier molecular flexibility index (Phi) is 3.44. The molecule has 12 heavy (non-hydrogen) atoms. The molecule has 0 spiro atoms. The number of hydrogen-bond acceptors (Lipinski definition) is 3. The van der Waals surface area contributed by atoms with E-state index in [1.807, 2.05) is 0 Å². The summed E-state index contributed by atoms with van der Waals surface area (Å²) in [5, 5.41) is 0. The monoisotopic (exact) mass is 189 g/mol. The lowest BCUT2D eigenvalue weighted by Crippen LogP contribution is -2.30. The molecule has 2 atom stereocenters. The predicted octanol–water partition coefficient (Wildman–Crippen LogP) is 2.04. The summed E-state index contributed by atoms with van der Waals surface area (Å²) in [5.41, 5.74) is 0. The lowest BCUT2D eigenvalue weighted by Gasteiger charge is -2.30. The summed E-state index contributed by atoms with van der Waals surface area (Å²) in [6.45, 7) is 7.56. The zero-order valence-corrected chi connectivity index (χ0v) is 8.99. The summed E-state index contributed by atoms with van der Waals surface area (Å²) in [6, 6.07) is 0. The van der Waals surface area contributed by atoms with Gasteiger partial charge < -0.3 is 4.84 Å². The zero-order valence-electron chi connectivity index (χ0n) is 8.17. The zero-order chi connectivity index (χ0) is 9.19. The molecule has 72 valence electrons. The number of hydrogen-bond donors (Lipinski definition) is 1. The molecule has 1 heterocycles. The first-order chi connectivity index (χ1) is 5.58. The van der Waals surface area contributed by atoms with Crippen LogP contribution in [-0.2, 0) is 4.84 Å². The Morgan fingerprint density at radius 2 is 2.33 bits per heavy atom. The predicted molar refractivity (Wildman–Crippen MR) is 53.9 cm³/mol. The third-order valence-electron chi connectivity index (χ3n) is 2.84. The lowest BCUT2D eigenvalue weighted by atomic mass is 9.83. The fourth-order valence-corrected chi connectivity index (χ4v) is 3.60. The molecule has 1 fully saturated rings. The summed E-state index contributed by atoms with van der Waals surface area (Å²) in [5.74, 6) is 7.70. The van der Waals surface area contributed by atoms with Gasteiger partial charge in [-0.3, -0.25) is 0 Å². The van der Waals surface area contributed by atoms with Gasteiger partial charge in [-0.25, -0.2) is 5.90 Å². The van der Waals surface area contributed by atoms with E-state index in [-0.39, 0.29) is 0 Å². The molecule has 1 saturated heterocycles. The standard InChI is InChI=1S/C9H19NOS/c1-7(6-11-10)8-4-5-12-9(8,2)3/h7-8H,4-6,10H2,1-3H3. The van der Waals surface area contributed by atoms with E-state index in [4.69, 9.17) is 10.7 Å². The van der Waals surface area contributed by atoms with Crippen LogP contribution in [0.5, 0.6) is 0 Å². The minimum absolute atomic E-state index is 0.415. The Morgan fingerprint density at radius 1 is 1.67 bits per heavy atom. The van der Waals surface area contributed by atoms with Gasteiger partial charge in [0.1, 0.15) is 0 Å². The fourth-order valence-electron chi connectivity index (χ4n) is 2.14. The molecule has 2 nitrogen and oxygen atoms in total. The highest BCUT2D eigenvalue weighted by molar-refractivity contribution is 8.00. The minimum atomic E-state index is 0.415. The van der Waals surface area contributed by atoms with Gasteiger partial charge in [-0.15, -0.1) is 0 Å². The van der Waals surface area contributed by atoms with Crippen LogP contribution in [0.15, 0.2) is 0 Å². The first-order valence-corrected chi connectivity index (χ1v) is 5.52. The van der Waals surface area contributed by atoms with Crippen LogP contribution in [0.4, 0.5) is 0 Å². The molecule has 1 rings (SSSR count). The Bertz CT molecular complexity index is 149. The van der Waals surface area contributed by atoms with Crippen molar-refractivity contribution in [2.24, 2.45) is 17.7 Å². The highest BCUT2D eigenvalue weighted by atomic mass is 32.2. The maximum atomic E-state index is 5.08. The third kappa shape index (κ3) is 2.15. The summed E-state index contributed by atoms with van der Waals surface area (Å²) < 4.78 is 0.415. The Balaban J connectivity index is 2.50. The van der Waals surface area contributed by atoms with E-state index in [1.54, 1.807) is 0 Å². The van der Waals surface area contributed by atoms with Crippen molar-refractivity contribution in [3.8, 4) is 0 Å². The van der Waals surface area contributed by atoms with Crippen molar-refractivity contribution in [1.29, 1.82) is 0 Å². The molecular weight excluding hydrogens is 170 g/mol. The topological polar surface area (TPSA) is 35.2 Å². The smallest absolute Gasteiger partial charge is 0.0707 e. The van der Waals surface area contributed by atoms with E-state index in [2.05, 4.69) is 32.5 Å². The van der Waals surface area contributed by atoms with Gasteiger partial charge in [-0.05, 0) is 24.0 Å². The van der Waals surface area contributed by atoms with Crippen LogP contribution < -0.4 is 5.90 Å². The second kappa shape index (κ2) is 3.99. The Hall–Kier alpha value is 0.270. The third-order valence-corrected chi connectivity index (χ3v) is 4.33. The minimum Gasteiger partial charge on any atom is -0.304 e. The molecule has 0 saturated carbocycles. The fraction of sp³-hybridized carbons (Fsp3) is 1.00. The molecular formula is C9H19NOS. The molecule has 3 heteroatoms. The van der Waals surface area contributed by atoms with Gasteiger partial charge in [0.25, 0.3) is 0 Å². The molecule has 0 amide bonds. The Morgan fingerprint density at radius 3 is 2.75 bits per heavy atom. The van der Waals surface area contributed by atoms with Crippen LogP contribution in [0.2, 0.25) is 0 Å². The largest absolute Gasteiger partial charge is 0.304 e. The van der Waals surface area contributed by atoms with E-state index >= 15 is 0 Å². The van der Waals surface area contributed by atoms with Gasteiger partial charge in [0.2, 0.25) is 0 Å². The van der Waals surface area contributed by atoms with Crippen molar-refractivity contribution in [3.05, 3.63) is 0 Å². The Labute approximate surface area is 79.2 Å². The maximum absolute atomic E-state index is 5.08. The van der Waals surface area contributed by atoms with Gasteiger partial charge in [0, 0.05) is 4.75 Å². The van der Waals surface area contributed by atoms with Gasteiger partial charge in [0.15, 0.2) is 0 Å². The second-order valence-electron chi connectivity index (χ2n) is 4.16. The van der Waals surface area contributed by atoms with Crippen LogP contribution in [0.25, 0.3) is 0 Å². The van der Waals surface area contributed by atoms with Crippen LogP contribution in [-0.4, -0.2) is 17.1 Å². The summed E-state index contributed by atoms with van der Waals surface area (Å²) in [4.78, 5) is 4.70. The van der Waals surface area contributed by atoms with Crippen molar-refractivity contribution in [1.82, 2.24) is 0 Å². The number of thioether (sulfide) groups is 1. The molecule has 0 aromatic heterocycles. The first kappa shape index (κ1) is 10.4. The quantitative estimate of drug-likeness (QED) is 0.690. The summed E-state index contributed by atoms with van der Waals surface area (Å²) >= 11 is 2.07. The van der Waals surface area contributed by atoms with Crippen molar-refractivity contribution in [2.45, 2.75) is 31.9 Å². The molecule has 0 aromatic rings. The van der Waals surface area contributed by atoms with Crippen molar-refractivity contribution in [3.63, 3.8) is 0 Å². The molecule has 2 N–H and O–H groups in total. The molecule has 2 unspecified atom stereocenters. The normalized spacial score (nSPS) is 30.5. The number of rotatable bonds is 3. The van der Waals surface area contributed by atoms with Crippen LogP contribution in [0.1, 0.15) is 27.2 Å². The van der Waals surface area contributed by atoms with E-state index in [9.17, 15) is 0 Å². The second-order valence-corrected chi connectivity index (χ2v) is 5.91. The molecule has 1 aliphatic rings. The average Bonchev–Trinajstić information content (AvgIpc) is 2.30. The van der Waals surface area contributed by atoms with Gasteiger partial charge in [0.05, 0.1) is 6.61 Å². The van der Waals surface area contributed by atoms with E-state index in [0.29, 0.717) is 17.3 Å². The van der Waals surface area contributed by atoms with E-state index in [0.717, 1.165) is 5.92 Å². The van der Waals surface area contributed by atoms with Gasteiger partial charge in [-0.1, -0.05) is 20.8 Å². The summed E-state index contributed by atoms with van der Waals surface area (Å²) in [7, 11) is 0. The maximum Gasteiger partial charge on any atom is 0.0707 e. The molecule has 1 aliphatic heterocycles. The molecule has 0 aliphatic carbocycles. The summed E-state index contributed by atoms with van der Waals surface area (Å²) in [6.07, 6.45) is 1.31. The first-order valence-electron chi connectivity index (χ1n) is 4.53. The molecule has 0 radical (unpaired) electrons. The highest BCUT2D eigenvalue weighted by Gasteiger charge is 2.38. The van der Waals surface area contributed by atoms with Gasteiger partial charge >= 0.3 is 0 Å². The van der Waals surface area contributed by atoms with Crippen molar-refractivity contribution >= 4 is 11.8 Å². The van der Waals surface area contributed by atoms with Crippen molar-refractivity contribution in [2.75, 3.05) is 12.4 Å². The van der Waals surface area contributed by atoms with Crippen LogP contribution in [0.3, 0.4) is 0 Å². The van der Waals surface area contributed by atoms with E-state index in [1.165, 1.54) is 12.2 Å². The lowest BCUT2D eigenvalue weighted by molar-refractivity contribution is 0.0790.